The van der Waals surface area contributed by atoms with Gasteiger partial charge in [-0.2, -0.15) is 0 Å². The van der Waals surface area contributed by atoms with Gasteiger partial charge in [-0.3, -0.25) is 0 Å². The van der Waals surface area contributed by atoms with Crippen LogP contribution in [0.25, 0.3) is 10.8 Å². The van der Waals surface area contributed by atoms with Gasteiger partial charge in [-0.1, -0.05) is 46.3 Å². The molecule has 1 unspecified atom stereocenters. The van der Waals surface area contributed by atoms with Crippen molar-refractivity contribution in [2.75, 3.05) is 0 Å². The number of rotatable bonds is 3. The van der Waals surface area contributed by atoms with Crippen LogP contribution < -0.4 is 4.74 Å². The summed E-state index contributed by atoms with van der Waals surface area (Å²) in [7, 11) is 0. The summed E-state index contributed by atoms with van der Waals surface area (Å²) >= 11 is 3.42. The molecule has 0 radical (unpaired) electrons. The fourth-order valence-corrected chi connectivity index (χ4v) is 2.68. The van der Waals surface area contributed by atoms with E-state index in [-0.39, 0.29) is 0 Å². The zero-order chi connectivity index (χ0) is 14.8. The molecule has 0 heterocycles. The maximum atomic E-state index is 9.88. The highest BCUT2D eigenvalue weighted by Crippen LogP contribution is 2.33. The molecule has 2 nitrogen and oxygen atoms in total. The van der Waals surface area contributed by atoms with Crippen molar-refractivity contribution in [2.24, 2.45) is 0 Å². The molecule has 0 aliphatic rings. The topological polar surface area (TPSA) is 29.5 Å². The summed E-state index contributed by atoms with van der Waals surface area (Å²) in [6.07, 6.45) is -0.585. The fraction of sp³-hybridized carbons (Fsp3) is 0.111. The van der Waals surface area contributed by atoms with Crippen molar-refractivity contribution in [2.45, 2.75) is 13.0 Å². The zero-order valence-electron chi connectivity index (χ0n) is 11.6. The second kappa shape index (κ2) is 5.88. The first-order chi connectivity index (χ1) is 10.1. The second-order valence-corrected chi connectivity index (χ2v) is 5.88. The van der Waals surface area contributed by atoms with Gasteiger partial charge in [0.05, 0.1) is 6.10 Å². The van der Waals surface area contributed by atoms with Crippen LogP contribution in [-0.2, 0) is 0 Å². The van der Waals surface area contributed by atoms with E-state index >= 15 is 0 Å². The first-order valence-corrected chi connectivity index (χ1v) is 7.57. The highest BCUT2D eigenvalue weighted by molar-refractivity contribution is 9.10. The predicted molar refractivity (Wildman–Crippen MR) is 88.8 cm³/mol. The molecule has 1 atom stereocenters. The Morgan fingerprint density at radius 2 is 1.71 bits per heavy atom. The summed E-state index contributed by atoms with van der Waals surface area (Å²) in [5.74, 6) is 1.43. The van der Waals surface area contributed by atoms with Crippen LogP contribution in [0.1, 0.15) is 18.6 Å². The van der Waals surface area contributed by atoms with Crippen LogP contribution in [0, 0.1) is 0 Å². The van der Waals surface area contributed by atoms with E-state index < -0.39 is 6.10 Å². The van der Waals surface area contributed by atoms with Crippen LogP contribution in [0.2, 0.25) is 0 Å². The third-order valence-corrected chi connectivity index (χ3v) is 3.86. The van der Waals surface area contributed by atoms with E-state index in [0.29, 0.717) is 5.75 Å². The van der Waals surface area contributed by atoms with Crippen LogP contribution in [0.3, 0.4) is 0 Å². The summed E-state index contributed by atoms with van der Waals surface area (Å²) in [6, 6.07) is 19.8. The molecule has 3 aromatic carbocycles. The average Bonchev–Trinajstić information content (AvgIpc) is 2.49. The molecule has 106 valence electrons. The monoisotopic (exact) mass is 342 g/mol. The molecule has 3 aromatic rings. The first-order valence-electron chi connectivity index (χ1n) is 6.77. The van der Waals surface area contributed by atoms with Crippen molar-refractivity contribution >= 4 is 26.7 Å². The number of fused-ring (bicyclic) bond motifs is 1. The molecule has 0 aliphatic heterocycles. The molecule has 0 amide bonds. The standard InChI is InChI=1S/C18H15BrO2/c1-12(20)17-11-15(19)7-9-18(17)21-16-8-6-13-4-2-3-5-14(13)10-16/h2-12,20H,1H3. The number of hydrogen-bond acceptors (Lipinski definition) is 2. The summed E-state index contributed by atoms with van der Waals surface area (Å²) in [5.41, 5.74) is 0.762. The average molecular weight is 343 g/mol. The second-order valence-electron chi connectivity index (χ2n) is 4.97. The van der Waals surface area contributed by atoms with Gasteiger partial charge in [0.15, 0.2) is 0 Å². The molecule has 21 heavy (non-hydrogen) atoms. The SMILES string of the molecule is CC(O)c1cc(Br)ccc1Oc1ccc2ccccc2c1. The Balaban J connectivity index is 1.98. The highest BCUT2D eigenvalue weighted by atomic mass is 79.9. The van der Waals surface area contributed by atoms with Gasteiger partial charge in [0.1, 0.15) is 11.5 Å². The minimum Gasteiger partial charge on any atom is -0.457 e. The van der Waals surface area contributed by atoms with Crippen molar-refractivity contribution < 1.29 is 9.84 Å². The van der Waals surface area contributed by atoms with E-state index in [4.69, 9.17) is 4.74 Å². The van der Waals surface area contributed by atoms with E-state index in [2.05, 4.69) is 28.1 Å². The lowest BCUT2D eigenvalue weighted by Crippen LogP contribution is -1.96. The minimum absolute atomic E-state index is 0.585. The Morgan fingerprint density at radius 3 is 2.48 bits per heavy atom. The third-order valence-electron chi connectivity index (χ3n) is 3.37. The van der Waals surface area contributed by atoms with Gasteiger partial charge >= 0.3 is 0 Å². The van der Waals surface area contributed by atoms with Crippen LogP contribution >= 0.6 is 15.9 Å². The van der Waals surface area contributed by atoms with Crippen molar-refractivity contribution in [3.63, 3.8) is 0 Å². The van der Waals surface area contributed by atoms with Crippen LogP contribution in [0.4, 0.5) is 0 Å². The quantitative estimate of drug-likeness (QED) is 0.685. The van der Waals surface area contributed by atoms with Gasteiger partial charge in [-0.15, -0.1) is 0 Å². The molecule has 0 saturated heterocycles. The molecule has 0 aliphatic carbocycles. The maximum Gasteiger partial charge on any atom is 0.133 e. The van der Waals surface area contributed by atoms with Crippen LogP contribution in [0.5, 0.6) is 11.5 Å². The zero-order valence-corrected chi connectivity index (χ0v) is 13.2. The molecule has 3 rings (SSSR count). The number of aliphatic hydroxyl groups is 1. The van der Waals surface area contributed by atoms with Crippen molar-refractivity contribution in [3.05, 3.63) is 70.7 Å². The molecule has 0 aromatic heterocycles. The van der Waals surface area contributed by atoms with Gasteiger partial charge in [0, 0.05) is 10.0 Å². The number of aliphatic hydroxyl groups excluding tert-OH is 1. The minimum atomic E-state index is -0.585. The van der Waals surface area contributed by atoms with Crippen LogP contribution in [-0.4, -0.2) is 5.11 Å². The smallest absolute Gasteiger partial charge is 0.133 e. The van der Waals surface area contributed by atoms with Gasteiger partial charge in [-0.05, 0) is 48.0 Å². The van der Waals surface area contributed by atoms with Crippen molar-refractivity contribution in [1.82, 2.24) is 0 Å². The van der Waals surface area contributed by atoms with E-state index in [9.17, 15) is 5.11 Å². The Bertz CT molecular complexity index is 781. The number of halogens is 1. The van der Waals surface area contributed by atoms with Gasteiger partial charge in [0.2, 0.25) is 0 Å². The van der Waals surface area contributed by atoms with Crippen molar-refractivity contribution in [1.29, 1.82) is 0 Å². The maximum absolute atomic E-state index is 9.88. The van der Waals surface area contributed by atoms with E-state index in [0.717, 1.165) is 21.2 Å². The lowest BCUT2D eigenvalue weighted by Gasteiger charge is -2.14. The highest BCUT2D eigenvalue weighted by Gasteiger charge is 2.11. The largest absolute Gasteiger partial charge is 0.457 e. The van der Waals surface area contributed by atoms with E-state index in [1.807, 2.05) is 48.5 Å². The summed E-state index contributed by atoms with van der Waals surface area (Å²) in [4.78, 5) is 0. The normalized spacial score (nSPS) is 12.3. The Labute approximate surface area is 132 Å². The third kappa shape index (κ3) is 3.09. The number of hydrogen-bond donors (Lipinski definition) is 1. The van der Waals surface area contributed by atoms with Gasteiger partial charge in [-0.25, -0.2) is 0 Å². The molecule has 3 heteroatoms. The predicted octanol–water partition coefficient (Wildman–Crippen LogP) is 5.45. The van der Waals surface area contributed by atoms with Crippen molar-refractivity contribution in [3.8, 4) is 11.5 Å². The molecule has 0 saturated carbocycles. The number of ether oxygens (including phenoxy) is 1. The molecule has 0 bridgehead atoms. The molecular formula is C18H15BrO2. The Morgan fingerprint density at radius 1 is 0.952 bits per heavy atom. The van der Waals surface area contributed by atoms with Gasteiger partial charge < -0.3 is 9.84 Å². The van der Waals surface area contributed by atoms with Crippen LogP contribution in [0.15, 0.2) is 65.1 Å². The first kappa shape index (κ1) is 14.1. The Kier molecular flexibility index (Phi) is 3.95. The Hall–Kier alpha value is -1.84. The van der Waals surface area contributed by atoms with E-state index in [1.165, 1.54) is 5.39 Å². The summed E-state index contributed by atoms with van der Waals surface area (Å²) in [5, 5.41) is 12.2. The lowest BCUT2D eigenvalue weighted by molar-refractivity contribution is 0.195. The van der Waals surface area contributed by atoms with Gasteiger partial charge in [0.25, 0.3) is 0 Å². The lowest BCUT2D eigenvalue weighted by atomic mass is 10.1. The molecule has 1 N–H and O–H groups in total. The van der Waals surface area contributed by atoms with E-state index in [1.54, 1.807) is 6.92 Å². The summed E-state index contributed by atoms with van der Waals surface area (Å²) in [6.45, 7) is 1.73. The molecular weight excluding hydrogens is 328 g/mol. The number of benzene rings is 3. The molecule has 0 fully saturated rings. The fourth-order valence-electron chi connectivity index (χ4n) is 2.30. The molecule has 0 spiro atoms. The summed E-state index contributed by atoms with van der Waals surface area (Å²) < 4.78 is 6.87.